The van der Waals surface area contributed by atoms with E-state index in [0.29, 0.717) is 6.42 Å². The van der Waals surface area contributed by atoms with E-state index in [4.69, 9.17) is 9.84 Å². The molecule has 1 N–H and O–H groups in total. The van der Waals surface area contributed by atoms with Crippen LogP contribution in [-0.2, 0) is 14.3 Å². The zero-order valence-corrected chi connectivity index (χ0v) is 32.4. The summed E-state index contributed by atoms with van der Waals surface area (Å²) in [5.74, 6) is -0.782. The number of carbonyl (C=O) groups is 2. The molecule has 0 spiro atoms. The fraction of sp³-hybridized carbons (Fsp3) is 0.652. The van der Waals surface area contributed by atoms with Crippen molar-refractivity contribution in [2.75, 3.05) is 0 Å². The molecule has 0 aromatic carbocycles. The second-order valence-electron chi connectivity index (χ2n) is 13.4. The Morgan fingerprint density at radius 1 is 0.460 bits per heavy atom. The van der Waals surface area contributed by atoms with E-state index in [9.17, 15) is 9.59 Å². The first kappa shape index (κ1) is 47.1. The maximum Gasteiger partial charge on any atom is 0.306 e. The Bertz CT molecular complexity index is 965. The Kier molecular flexibility index (Phi) is 38.2. The maximum absolute atomic E-state index is 12.7. The lowest BCUT2D eigenvalue weighted by molar-refractivity contribution is -0.150. The Hall–Kier alpha value is -2.88. The van der Waals surface area contributed by atoms with Crippen LogP contribution < -0.4 is 0 Å². The molecule has 0 aromatic heterocycles. The van der Waals surface area contributed by atoms with Crippen LogP contribution in [0.5, 0.6) is 0 Å². The van der Waals surface area contributed by atoms with Crippen molar-refractivity contribution >= 4 is 11.9 Å². The molecule has 1 unspecified atom stereocenters. The number of carboxylic acid groups (broad SMARTS) is 1. The van der Waals surface area contributed by atoms with Crippen LogP contribution >= 0.6 is 0 Å². The lowest BCUT2D eigenvalue weighted by Gasteiger charge is -2.18. The van der Waals surface area contributed by atoms with Gasteiger partial charge < -0.3 is 9.84 Å². The molecule has 0 saturated carbocycles. The van der Waals surface area contributed by atoms with Gasteiger partial charge in [0, 0.05) is 12.8 Å². The standard InChI is InChI=1S/C46H76O4/c1-3-5-7-9-11-13-15-17-19-20-22-24-26-28-30-35-39-43-46(49)50-44(41-37-33-31-34-38-42-45(47)48)40-36-32-29-27-25-23-21-18-16-14-12-10-8-6-4-2/h5,7,11,13,16-19,22-25,28,30,44H,3-4,6,8-10,12,14-15,20-21,26-27,29,31-43H2,1-2H3,(H,47,48)/b7-5-,13-11-,18-16-,19-17-,24-22-,25-23-,30-28-. The second kappa shape index (κ2) is 40.5. The van der Waals surface area contributed by atoms with Crippen molar-refractivity contribution in [3.05, 3.63) is 85.1 Å². The van der Waals surface area contributed by atoms with Gasteiger partial charge in [-0.1, -0.05) is 150 Å². The summed E-state index contributed by atoms with van der Waals surface area (Å²) >= 11 is 0. The van der Waals surface area contributed by atoms with Gasteiger partial charge >= 0.3 is 11.9 Å². The number of carbonyl (C=O) groups excluding carboxylic acids is 1. The number of ether oxygens (including phenoxy) is 1. The highest BCUT2D eigenvalue weighted by molar-refractivity contribution is 5.69. The molecule has 0 rings (SSSR count). The SMILES string of the molecule is CC/C=C\C/C=C\C/C=C\C/C=C\C/C=C\CCCC(=O)OC(CCCCC/C=C\C/C=C\CCCCCCC)CCCCCCCC(=O)O. The summed E-state index contributed by atoms with van der Waals surface area (Å²) in [7, 11) is 0. The van der Waals surface area contributed by atoms with E-state index in [1.807, 2.05) is 0 Å². The van der Waals surface area contributed by atoms with Crippen molar-refractivity contribution < 1.29 is 19.4 Å². The van der Waals surface area contributed by atoms with Gasteiger partial charge in [0.15, 0.2) is 0 Å². The third-order valence-corrected chi connectivity index (χ3v) is 8.60. The Labute approximate surface area is 309 Å². The van der Waals surface area contributed by atoms with E-state index in [2.05, 4.69) is 98.9 Å². The first-order valence-corrected chi connectivity index (χ1v) is 20.6. The molecule has 0 bridgehead atoms. The summed E-state index contributed by atoms with van der Waals surface area (Å²) in [5.41, 5.74) is 0. The quantitative estimate of drug-likeness (QED) is 0.0403. The fourth-order valence-electron chi connectivity index (χ4n) is 5.60. The lowest BCUT2D eigenvalue weighted by Crippen LogP contribution is -2.18. The number of rotatable bonds is 36. The number of allylic oxidation sites excluding steroid dienone is 14. The van der Waals surface area contributed by atoms with Crippen molar-refractivity contribution in [2.45, 2.75) is 193 Å². The van der Waals surface area contributed by atoms with Gasteiger partial charge in [0.2, 0.25) is 0 Å². The molecule has 0 heterocycles. The molecule has 0 aliphatic heterocycles. The highest BCUT2D eigenvalue weighted by Gasteiger charge is 2.14. The molecule has 0 fully saturated rings. The van der Waals surface area contributed by atoms with Crippen LogP contribution in [0.1, 0.15) is 187 Å². The zero-order chi connectivity index (χ0) is 36.4. The predicted octanol–water partition coefficient (Wildman–Crippen LogP) is 14.4. The third kappa shape index (κ3) is 39.6. The number of esters is 1. The molecule has 284 valence electrons. The van der Waals surface area contributed by atoms with Crippen molar-refractivity contribution in [1.29, 1.82) is 0 Å². The summed E-state index contributed by atoms with van der Waals surface area (Å²) in [5, 5.41) is 8.83. The summed E-state index contributed by atoms with van der Waals surface area (Å²) in [4.78, 5) is 23.4. The van der Waals surface area contributed by atoms with Crippen LogP contribution in [-0.4, -0.2) is 23.1 Å². The van der Waals surface area contributed by atoms with Gasteiger partial charge in [-0.05, 0) is 109 Å². The summed E-state index contributed by atoms with van der Waals surface area (Å²) in [6.45, 7) is 4.42. The van der Waals surface area contributed by atoms with Gasteiger partial charge in [0.25, 0.3) is 0 Å². The number of aliphatic carboxylic acids is 1. The number of carboxylic acids is 1. The minimum atomic E-state index is -0.714. The van der Waals surface area contributed by atoms with Gasteiger partial charge in [-0.2, -0.15) is 0 Å². The van der Waals surface area contributed by atoms with Crippen LogP contribution in [0.15, 0.2) is 85.1 Å². The van der Waals surface area contributed by atoms with Gasteiger partial charge in [-0.25, -0.2) is 0 Å². The van der Waals surface area contributed by atoms with Gasteiger partial charge in [-0.3, -0.25) is 9.59 Å². The summed E-state index contributed by atoms with van der Waals surface area (Å²) in [6.07, 6.45) is 58.8. The van der Waals surface area contributed by atoms with E-state index in [1.54, 1.807) is 0 Å². The fourth-order valence-corrected chi connectivity index (χ4v) is 5.60. The van der Waals surface area contributed by atoms with Crippen LogP contribution in [0.25, 0.3) is 0 Å². The van der Waals surface area contributed by atoms with Crippen LogP contribution in [0.2, 0.25) is 0 Å². The largest absolute Gasteiger partial charge is 0.481 e. The van der Waals surface area contributed by atoms with Gasteiger partial charge in [0.05, 0.1) is 0 Å². The molecule has 1 atom stereocenters. The first-order chi connectivity index (χ1) is 24.6. The van der Waals surface area contributed by atoms with Crippen LogP contribution in [0, 0.1) is 0 Å². The second-order valence-corrected chi connectivity index (χ2v) is 13.4. The van der Waals surface area contributed by atoms with Gasteiger partial charge in [0.1, 0.15) is 6.10 Å². The average molecular weight is 693 g/mol. The van der Waals surface area contributed by atoms with Gasteiger partial charge in [-0.15, -0.1) is 0 Å². The molecule has 4 nitrogen and oxygen atoms in total. The molecule has 4 heteroatoms. The van der Waals surface area contributed by atoms with Crippen molar-refractivity contribution in [2.24, 2.45) is 0 Å². The third-order valence-electron chi connectivity index (χ3n) is 8.60. The van der Waals surface area contributed by atoms with E-state index in [0.717, 1.165) is 116 Å². The molecule has 0 radical (unpaired) electrons. The molecule has 0 aromatic rings. The molecule has 0 amide bonds. The van der Waals surface area contributed by atoms with E-state index < -0.39 is 5.97 Å². The maximum atomic E-state index is 12.7. The lowest BCUT2D eigenvalue weighted by atomic mass is 10.0. The van der Waals surface area contributed by atoms with E-state index in [1.165, 1.54) is 44.9 Å². The normalized spacial score (nSPS) is 13.2. The van der Waals surface area contributed by atoms with Crippen molar-refractivity contribution in [3.8, 4) is 0 Å². The number of hydrogen-bond donors (Lipinski definition) is 1. The molecular weight excluding hydrogens is 617 g/mol. The molecule has 50 heavy (non-hydrogen) atoms. The Balaban J connectivity index is 4.24. The Morgan fingerprint density at radius 2 is 0.860 bits per heavy atom. The van der Waals surface area contributed by atoms with Crippen LogP contribution in [0.4, 0.5) is 0 Å². The molecule has 0 aliphatic rings. The smallest absolute Gasteiger partial charge is 0.306 e. The van der Waals surface area contributed by atoms with Crippen molar-refractivity contribution in [1.82, 2.24) is 0 Å². The van der Waals surface area contributed by atoms with Crippen molar-refractivity contribution in [3.63, 3.8) is 0 Å². The Morgan fingerprint density at radius 3 is 1.36 bits per heavy atom. The van der Waals surface area contributed by atoms with E-state index >= 15 is 0 Å². The topological polar surface area (TPSA) is 63.6 Å². The zero-order valence-electron chi connectivity index (χ0n) is 32.4. The molecule has 0 aliphatic carbocycles. The average Bonchev–Trinajstić information content (AvgIpc) is 3.10. The van der Waals surface area contributed by atoms with Crippen LogP contribution in [0.3, 0.4) is 0 Å². The number of hydrogen-bond acceptors (Lipinski definition) is 3. The number of unbranched alkanes of at least 4 members (excludes halogenated alkanes) is 13. The minimum Gasteiger partial charge on any atom is -0.481 e. The first-order valence-electron chi connectivity index (χ1n) is 20.6. The molecular formula is C46H76O4. The summed E-state index contributed by atoms with van der Waals surface area (Å²) < 4.78 is 5.97. The monoisotopic (exact) mass is 693 g/mol. The highest BCUT2D eigenvalue weighted by Crippen LogP contribution is 2.18. The summed E-state index contributed by atoms with van der Waals surface area (Å²) in [6, 6.07) is 0. The molecule has 0 saturated heterocycles. The predicted molar refractivity (Wildman–Crippen MR) is 218 cm³/mol. The minimum absolute atomic E-state index is 0.00197. The van der Waals surface area contributed by atoms with E-state index in [-0.39, 0.29) is 18.5 Å². The highest BCUT2D eigenvalue weighted by atomic mass is 16.5.